The van der Waals surface area contributed by atoms with Gasteiger partial charge in [0.25, 0.3) is 11.8 Å². The summed E-state index contributed by atoms with van der Waals surface area (Å²) in [5, 5.41) is 0. The minimum absolute atomic E-state index is 0.234. The number of fused-ring (bicyclic) bond motifs is 1. The second-order valence-electron chi connectivity index (χ2n) is 7.39. The molecule has 1 saturated heterocycles. The molecule has 1 aromatic heterocycles. The molecule has 2 aliphatic heterocycles. The first-order valence-electron chi connectivity index (χ1n) is 10.1. The number of nitrogens with zero attached hydrogens (tertiary/aromatic N) is 3. The maximum atomic E-state index is 12.3. The van der Waals surface area contributed by atoms with Gasteiger partial charge in [0.2, 0.25) is 5.88 Å². The highest BCUT2D eigenvalue weighted by Crippen LogP contribution is 2.22. The Morgan fingerprint density at radius 3 is 2.41 bits per heavy atom. The number of carbonyl (C=O) groups excluding carboxylic acids is 2. The Morgan fingerprint density at radius 2 is 1.69 bits per heavy atom. The second kappa shape index (κ2) is 9.01. The van der Waals surface area contributed by atoms with Crippen LogP contribution in [0.1, 0.15) is 45.5 Å². The summed E-state index contributed by atoms with van der Waals surface area (Å²) in [6, 6.07) is 10.9. The Morgan fingerprint density at radius 1 is 0.966 bits per heavy atom. The van der Waals surface area contributed by atoms with E-state index in [2.05, 4.69) is 9.88 Å². The number of ether oxygens (including phenoxy) is 1. The molecule has 29 heavy (non-hydrogen) atoms. The predicted octanol–water partition coefficient (Wildman–Crippen LogP) is 3.30. The molecular formula is C23H25N3O3. The van der Waals surface area contributed by atoms with E-state index >= 15 is 0 Å². The molecule has 6 nitrogen and oxygen atoms in total. The van der Waals surface area contributed by atoms with Crippen LogP contribution >= 0.6 is 0 Å². The van der Waals surface area contributed by atoms with Gasteiger partial charge in [0.15, 0.2) is 0 Å². The van der Waals surface area contributed by atoms with Crippen molar-refractivity contribution in [3.63, 3.8) is 0 Å². The van der Waals surface area contributed by atoms with E-state index in [-0.39, 0.29) is 18.4 Å². The third-order valence-corrected chi connectivity index (χ3v) is 5.31. The largest absolute Gasteiger partial charge is 0.473 e. The van der Waals surface area contributed by atoms with E-state index in [1.165, 1.54) is 29.7 Å². The average molecular weight is 391 g/mol. The zero-order chi connectivity index (χ0) is 20.1. The van der Waals surface area contributed by atoms with Gasteiger partial charge in [-0.05, 0) is 55.8 Å². The number of amides is 2. The van der Waals surface area contributed by atoms with Crippen molar-refractivity contribution < 1.29 is 14.3 Å². The molecule has 2 aliphatic rings. The van der Waals surface area contributed by atoms with Crippen LogP contribution in [0.15, 0.2) is 54.7 Å². The van der Waals surface area contributed by atoms with Crippen LogP contribution < -0.4 is 4.74 Å². The fraction of sp³-hybridized carbons (Fsp3) is 0.348. The number of aromatic nitrogens is 1. The number of pyridine rings is 1. The second-order valence-corrected chi connectivity index (χ2v) is 7.39. The van der Waals surface area contributed by atoms with Crippen molar-refractivity contribution in [2.45, 2.75) is 25.8 Å². The Labute approximate surface area is 170 Å². The quantitative estimate of drug-likeness (QED) is 0.535. The number of imide groups is 1. The van der Waals surface area contributed by atoms with Gasteiger partial charge in [0.1, 0.15) is 6.61 Å². The molecule has 0 aliphatic carbocycles. The first kappa shape index (κ1) is 19.3. The van der Waals surface area contributed by atoms with E-state index in [0.29, 0.717) is 23.6 Å². The van der Waals surface area contributed by atoms with Crippen molar-refractivity contribution in [3.05, 3.63) is 71.4 Å². The first-order chi connectivity index (χ1) is 14.2. The van der Waals surface area contributed by atoms with Gasteiger partial charge in [-0.25, -0.2) is 4.98 Å². The van der Waals surface area contributed by atoms with Gasteiger partial charge in [-0.3, -0.25) is 19.4 Å². The number of piperidine rings is 1. The Balaban J connectivity index is 1.26. The van der Waals surface area contributed by atoms with Crippen molar-refractivity contribution in [1.29, 1.82) is 0 Å². The van der Waals surface area contributed by atoms with Gasteiger partial charge < -0.3 is 4.74 Å². The third kappa shape index (κ3) is 4.54. The van der Waals surface area contributed by atoms with E-state index < -0.39 is 0 Å². The summed E-state index contributed by atoms with van der Waals surface area (Å²) >= 11 is 0. The third-order valence-electron chi connectivity index (χ3n) is 5.31. The minimum atomic E-state index is -0.247. The molecule has 0 atom stereocenters. The molecule has 1 aromatic carbocycles. The highest BCUT2D eigenvalue weighted by Gasteiger charge is 2.34. The van der Waals surface area contributed by atoms with Gasteiger partial charge in [-0.15, -0.1) is 0 Å². The van der Waals surface area contributed by atoms with Gasteiger partial charge in [-0.2, -0.15) is 0 Å². The van der Waals surface area contributed by atoms with Crippen LogP contribution in [-0.2, 0) is 6.54 Å². The lowest BCUT2D eigenvalue weighted by Crippen LogP contribution is -2.29. The molecule has 2 aromatic rings. The molecule has 1 fully saturated rings. The maximum Gasteiger partial charge on any atom is 0.261 e. The summed E-state index contributed by atoms with van der Waals surface area (Å²) in [6.45, 7) is 3.80. The molecule has 2 amide bonds. The fourth-order valence-corrected chi connectivity index (χ4v) is 3.79. The summed E-state index contributed by atoms with van der Waals surface area (Å²) in [4.78, 5) is 32.6. The lowest BCUT2D eigenvalue weighted by molar-refractivity contribution is 0.0671. The number of hydrogen-bond donors (Lipinski definition) is 0. The average Bonchev–Trinajstić information content (AvgIpc) is 2.99. The molecule has 3 heterocycles. The van der Waals surface area contributed by atoms with Crippen molar-refractivity contribution in [2.75, 3.05) is 26.2 Å². The Kier molecular flexibility index (Phi) is 6.00. The molecule has 0 N–H and O–H groups in total. The summed E-state index contributed by atoms with van der Waals surface area (Å²) in [5.41, 5.74) is 2.14. The molecule has 0 radical (unpaired) electrons. The van der Waals surface area contributed by atoms with Crippen LogP contribution in [0.5, 0.6) is 5.88 Å². The van der Waals surface area contributed by atoms with Gasteiger partial charge in [0, 0.05) is 25.4 Å². The van der Waals surface area contributed by atoms with Gasteiger partial charge >= 0.3 is 0 Å². The summed E-state index contributed by atoms with van der Waals surface area (Å²) < 4.78 is 5.71. The number of benzene rings is 1. The monoisotopic (exact) mass is 391 g/mol. The number of likely N-dealkylation sites (tertiary alicyclic amines) is 1. The number of rotatable bonds is 7. The van der Waals surface area contributed by atoms with Crippen LogP contribution in [0, 0.1) is 0 Å². The Bertz CT molecular complexity index is 884. The molecule has 4 rings (SSSR count). The van der Waals surface area contributed by atoms with Crippen molar-refractivity contribution >= 4 is 11.8 Å². The van der Waals surface area contributed by atoms with Crippen LogP contribution in [0.4, 0.5) is 0 Å². The van der Waals surface area contributed by atoms with E-state index in [1.807, 2.05) is 18.2 Å². The molecule has 0 spiro atoms. The number of carbonyl (C=O) groups is 2. The van der Waals surface area contributed by atoms with Crippen LogP contribution in [0.3, 0.4) is 0 Å². The fourth-order valence-electron chi connectivity index (χ4n) is 3.79. The molecule has 0 unspecified atom stereocenters. The summed E-state index contributed by atoms with van der Waals surface area (Å²) in [6.07, 6.45) is 9.23. The van der Waals surface area contributed by atoms with E-state index in [0.717, 1.165) is 19.6 Å². The Hall–Kier alpha value is -2.99. The van der Waals surface area contributed by atoms with Crippen molar-refractivity contribution in [2.24, 2.45) is 0 Å². The smallest absolute Gasteiger partial charge is 0.261 e. The van der Waals surface area contributed by atoms with Gasteiger partial charge in [0.05, 0.1) is 11.1 Å². The zero-order valence-electron chi connectivity index (χ0n) is 16.4. The highest BCUT2D eigenvalue weighted by atomic mass is 16.5. The lowest BCUT2D eigenvalue weighted by Gasteiger charge is -2.26. The number of hydrogen-bond acceptors (Lipinski definition) is 5. The minimum Gasteiger partial charge on any atom is -0.473 e. The SMILES string of the molecule is O=C1c2ccccc2C(=O)N1CC=CCOc1cc(CN2CCCCC2)ccn1. The predicted molar refractivity (Wildman–Crippen MR) is 110 cm³/mol. The van der Waals surface area contributed by atoms with Crippen molar-refractivity contribution in [3.8, 4) is 5.88 Å². The van der Waals surface area contributed by atoms with Crippen LogP contribution in [-0.4, -0.2) is 52.8 Å². The highest BCUT2D eigenvalue weighted by molar-refractivity contribution is 6.21. The maximum absolute atomic E-state index is 12.3. The first-order valence-corrected chi connectivity index (χ1v) is 10.1. The normalized spacial score (nSPS) is 17.2. The van der Waals surface area contributed by atoms with Crippen LogP contribution in [0.25, 0.3) is 0 Å². The van der Waals surface area contributed by atoms with Crippen LogP contribution in [0.2, 0.25) is 0 Å². The van der Waals surface area contributed by atoms with Crippen molar-refractivity contribution in [1.82, 2.24) is 14.8 Å². The topological polar surface area (TPSA) is 62.7 Å². The van der Waals surface area contributed by atoms with E-state index in [1.54, 1.807) is 36.5 Å². The molecule has 0 saturated carbocycles. The molecule has 150 valence electrons. The van der Waals surface area contributed by atoms with E-state index in [9.17, 15) is 9.59 Å². The summed E-state index contributed by atoms with van der Waals surface area (Å²) in [7, 11) is 0. The summed E-state index contributed by atoms with van der Waals surface area (Å²) in [5.74, 6) is 0.0939. The molecule has 6 heteroatoms. The molecular weight excluding hydrogens is 366 g/mol. The lowest BCUT2D eigenvalue weighted by atomic mass is 10.1. The standard InChI is InChI=1S/C23H25N3O3/c27-22-19-8-2-3-9-20(19)23(28)26(22)14-6-7-15-29-21-16-18(10-11-24-21)17-25-12-4-1-5-13-25/h2-3,6-11,16H,1,4-5,12-15,17H2. The molecule has 0 bridgehead atoms. The van der Waals surface area contributed by atoms with E-state index in [4.69, 9.17) is 4.74 Å². The zero-order valence-corrected chi connectivity index (χ0v) is 16.4. The van der Waals surface area contributed by atoms with Gasteiger partial charge in [-0.1, -0.05) is 24.6 Å².